The number of aromatic nitrogens is 3. The Balaban J connectivity index is 1.82. The molecule has 8 heteroatoms. The number of nitrogens with two attached hydrogens (primary N) is 1. The van der Waals surface area contributed by atoms with Crippen molar-refractivity contribution in [2.24, 2.45) is 0 Å². The molecule has 0 radical (unpaired) electrons. The first-order valence-corrected chi connectivity index (χ1v) is 10.7. The van der Waals surface area contributed by atoms with Crippen LogP contribution in [0.3, 0.4) is 0 Å². The van der Waals surface area contributed by atoms with Crippen LogP contribution < -0.4 is 11.1 Å². The molecule has 1 aromatic heterocycles. The number of nitrogens with zero attached hydrogens (tertiary/aromatic N) is 3. The summed E-state index contributed by atoms with van der Waals surface area (Å²) >= 11 is 7.70. The monoisotopic (exact) mass is 429 g/mol. The molecule has 0 aliphatic carbocycles. The predicted octanol–water partition coefficient (Wildman–Crippen LogP) is 5.01. The molecule has 3 N–H and O–H groups in total. The van der Waals surface area contributed by atoms with Gasteiger partial charge in [0, 0.05) is 16.5 Å². The molecule has 0 fully saturated rings. The molecule has 1 amide bonds. The van der Waals surface area contributed by atoms with E-state index in [4.69, 9.17) is 17.3 Å². The van der Waals surface area contributed by atoms with E-state index < -0.39 is 6.04 Å². The third-order valence-corrected chi connectivity index (χ3v) is 6.02. The number of hydrogen-bond acceptors (Lipinski definition) is 5. The number of rotatable bonds is 7. The Kier molecular flexibility index (Phi) is 6.82. The van der Waals surface area contributed by atoms with Gasteiger partial charge in [0.05, 0.1) is 0 Å². The number of nitrogens with one attached hydrogen (secondary N) is 1. The van der Waals surface area contributed by atoms with Crippen LogP contribution in [0.5, 0.6) is 0 Å². The van der Waals surface area contributed by atoms with E-state index in [0.29, 0.717) is 22.4 Å². The largest absolute Gasteiger partial charge is 0.368 e. The van der Waals surface area contributed by atoms with Crippen LogP contribution in [0.4, 0.5) is 11.6 Å². The lowest BCUT2D eigenvalue weighted by atomic mass is 10.1. The summed E-state index contributed by atoms with van der Waals surface area (Å²) in [5, 5.41) is 12.5. The van der Waals surface area contributed by atoms with E-state index in [-0.39, 0.29) is 11.9 Å². The molecule has 3 rings (SSSR count). The molecular formula is C21H24ClN5OS. The van der Waals surface area contributed by atoms with Gasteiger partial charge in [0.25, 0.3) is 0 Å². The summed E-state index contributed by atoms with van der Waals surface area (Å²) in [6.45, 7) is 5.90. The standard InChI is InChI=1S/C21H24ClN5OS/c1-4-18(19(28)24-17-11-13(2)9-10-14(17)3)27-20(23)25-26-21(27)29-12-15-7-5-6-8-16(15)22/h5-11,18H,4,12H2,1-3H3,(H2,23,25)(H,24,28). The van der Waals surface area contributed by atoms with Gasteiger partial charge in [0.15, 0.2) is 5.16 Å². The lowest BCUT2D eigenvalue weighted by Gasteiger charge is -2.20. The molecule has 1 atom stereocenters. The first-order chi connectivity index (χ1) is 13.9. The average Bonchev–Trinajstić information content (AvgIpc) is 3.05. The van der Waals surface area contributed by atoms with Crippen molar-refractivity contribution < 1.29 is 4.79 Å². The minimum Gasteiger partial charge on any atom is -0.368 e. The first kappa shape index (κ1) is 21.2. The first-order valence-electron chi connectivity index (χ1n) is 9.35. The summed E-state index contributed by atoms with van der Waals surface area (Å²) in [7, 11) is 0. The molecule has 6 nitrogen and oxygen atoms in total. The Morgan fingerprint density at radius 2 is 2.00 bits per heavy atom. The molecule has 0 saturated carbocycles. The number of amides is 1. The quantitative estimate of drug-likeness (QED) is 0.515. The van der Waals surface area contributed by atoms with Crippen LogP contribution in [0.25, 0.3) is 0 Å². The van der Waals surface area contributed by atoms with Gasteiger partial charge in [0.1, 0.15) is 6.04 Å². The molecule has 1 heterocycles. The van der Waals surface area contributed by atoms with Gasteiger partial charge in [-0.05, 0) is 49.1 Å². The molecule has 0 aliphatic rings. The zero-order chi connectivity index (χ0) is 21.0. The van der Waals surface area contributed by atoms with E-state index in [1.807, 2.05) is 63.2 Å². The highest BCUT2D eigenvalue weighted by Crippen LogP contribution is 2.30. The maximum absolute atomic E-state index is 13.1. The fourth-order valence-electron chi connectivity index (χ4n) is 3.01. The second-order valence-electron chi connectivity index (χ2n) is 6.82. The summed E-state index contributed by atoms with van der Waals surface area (Å²) < 4.78 is 1.70. The highest BCUT2D eigenvalue weighted by atomic mass is 35.5. The predicted molar refractivity (Wildman–Crippen MR) is 119 cm³/mol. The number of carbonyl (C=O) groups is 1. The lowest BCUT2D eigenvalue weighted by Crippen LogP contribution is -2.27. The average molecular weight is 430 g/mol. The Morgan fingerprint density at radius 3 is 2.72 bits per heavy atom. The van der Waals surface area contributed by atoms with Crippen molar-refractivity contribution in [3.63, 3.8) is 0 Å². The Bertz CT molecular complexity index is 1020. The highest BCUT2D eigenvalue weighted by molar-refractivity contribution is 7.98. The minimum atomic E-state index is -0.515. The molecular weight excluding hydrogens is 406 g/mol. The van der Waals surface area contributed by atoms with Gasteiger partial charge >= 0.3 is 0 Å². The van der Waals surface area contributed by atoms with Crippen molar-refractivity contribution in [1.29, 1.82) is 0 Å². The molecule has 0 bridgehead atoms. The number of anilines is 2. The van der Waals surface area contributed by atoms with E-state index in [2.05, 4.69) is 15.5 Å². The van der Waals surface area contributed by atoms with Crippen LogP contribution in [0, 0.1) is 13.8 Å². The number of thioether (sulfide) groups is 1. The number of benzene rings is 2. The SMILES string of the molecule is CCC(C(=O)Nc1cc(C)ccc1C)n1c(N)nnc1SCc1ccccc1Cl. The molecule has 152 valence electrons. The fraction of sp³-hybridized carbons (Fsp3) is 0.286. The van der Waals surface area contributed by atoms with E-state index >= 15 is 0 Å². The van der Waals surface area contributed by atoms with Crippen LogP contribution >= 0.6 is 23.4 Å². The second kappa shape index (κ2) is 9.33. The van der Waals surface area contributed by atoms with Crippen LogP contribution in [0.1, 0.15) is 36.1 Å². The third kappa shape index (κ3) is 4.92. The number of nitrogen functional groups attached to an aromatic ring is 1. The maximum atomic E-state index is 13.1. The van der Waals surface area contributed by atoms with E-state index in [1.54, 1.807) is 4.57 Å². The van der Waals surface area contributed by atoms with E-state index in [9.17, 15) is 4.79 Å². The van der Waals surface area contributed by atoms with Crippen molar-refractivity contribution in [2.45, 2.75) is 44.1 Å². The molecule has 1 unspecified atom stereocenters. The Morgan fingerprint density at radius 1 is 1.24 bits per heavy atom. The molecule has 29 heavy (non-hydrogen) atoms. The van der Waals surface area contributed by atoms with Crippen molar-refractivity contribution >= 4 is 40.9 Å². The summed E-state index contributed by atoms with van der Waals surface area (Å²) in [4.78, 5) is 13.1. The maximum Gasteiger partial charge on any atom is 0.247 e. The normalized spacial score (nSPS) is 12.0. The Labute approximate surface area is 179 Å². The molecule has 3 aromatic rings. The summed E-state index contributed by atoms with van der Waals surface area (Å²) in [5.41, 5.74) is 9.94. The third-order valence-electron chi connectivity index (χ3n) is 4.66. The van der Waals surface area contributed by atoms with Crippen LogP contribution in [0.15, 0.2) is 47.6 Å². The van der Waals surface area contributed by atoms with Gasteiger partial charge in [-0.25, -0.2) is 0 Å². The molecule has 0 spiro atoms. The smallest absolute Gasteiger partial charge is 0.247 e. The lowest BCUT2D eigenvalue weighted by molar-refractivity contribution is -0.119. The van der Waals surface area contributed by atoms with Gasteiger partial charge in [-0.3, -0.25) is 9.36 Å². The molecule has 0 aliphatic heterocycles. The number of hydrogen-bond donors (Lipinski definition) is 2. The van der Waals surface area contributed by atoms with Gasteiger partial charge in [0.2, 0.25) is 11.9 Å². The van der Waals surface area contributed by atoms with Crippen LogP contribution in [-0.4, -0.2) is 20.7 Å². The summed E-state index contributed by atoms with van der Waals surface area (Å²) in [6, 6.07) is 13.1. The Hall–Kier alpha value is -2.51. The van der Waals surface area contributed by atoms with E-state index in [0.717, 1.165) is 22.4 Å². The fourth-order valence-corrected chi connectivity index (χ4v) is 4.29. The number of carbonyl (C=O) groups excluding carboxylic acids is 1. The van der Waals surface area contributed by atoms with Gasteiger partial charge in [-0.1, -0.05) is 60.6 Å². The number of aryl methyl sites for hydroxylation is 2. The zero-order valence-electron chi connectivity index (χ0n) is 16.6. The van der Waals surface area contributed by atoms with Crippen LogP contribution in [0.2, 0.25) is 5.02 Å². The van der Waals surface area contributed by atoms with E-state index in [1.165, 1.54) is 11.8 Å². The molecule has 2 aromatic carbocycles. The zero-order valence-corrected chi connectivity index (χ0v) is 18.2. The van der Waals surface area contributed by atoms with Crippen molar-refractivity contribution in [3.8, 4) is 0 Å². The second-order valence-corrected chi connectivity index (χ2v) is 8.17. The van der Waals surface area contributed by atoms with Crippen molar-refractivity contribution in [2.75, 3.05) is 11.1 Å². The van der Waals surface area contributed by atoms with Crippen LogP contribution in [-0.2, 0) is 10.5 Å². The summed E-state index contributed by atoms with van der Waals surface area (Å²) in [5.74, 6) is 0.675. The van der Waals surface area contributed by atoms with Gasteiger partial charge < -0.3 is 11.1 Å². The molecule has 0 saturated heterocycles. The minimum absolute atomic E-state index is 0.146. The van der Waals surface area contributed by atoms with Crippen molar-refractivity contribution in [1.82, 2.24) is 14.8 Å². The number of halogens is 1. The van der Waals surface area contributed by atoms with Crippen molar-refractivity contribution in [3.05, 3.63) is 64.2 Å². The van der Waals surface area contributed by atoms with Gasteiger partial charge in [-0.2, -0.15) is 0 Å². The van der Waals surface area contributed by atoms with Gasteiger partial charge in [-0.15, -0.1) is 10.2 Å². The highest BCUT2D eigenvalue weighted by Gasteiger charge is 2.25. The summed E-state index contributed by atoms with van der Waals surface area (Å²) in [6.07, 6.45) is 0.554. The topological polar surface area (TPSA) is 85.8 Å².